The Morgan fingerprint density at radius 2 is 2.04 bits per heavy atom. The van der Waals surface area contributed by atoms with E-state index in [1.807, 2.05) is 0 Å². The number of furan rings is 1. The van der Waals surface area contributed by atoms with E-state index in [4.69, 9.17) is 14.1 Å². The van der Waals surface area contributed by atoms with Crippen LogP contribution < -0.4 is 0 Å². The third-order valence-electron chi connectivity index (χ3n) is 4.91. The SMILES string of the molecule is CC(C)c1nc2oc3c(ncn4cnnc34)c2c2c1COC(C)(C)C2. The Balaban J connectivity index is 1.95. The molecule has 7 heteroatoms. The summed E-state index contributed by atoms with van der Waals surface area (Å²) in [5.74, 6) is 0.289. The van der Waals surface area contributed by atoms with Gasteiger partial charge in [-0.25, -0.2) is 9.97 Å². The van der Waals surface area contributed by atoms with Gasteiger partial charge in [-0.05, 0) is 25.3 Å². The van der Waals surface area contributed by atoms with Gasteiger partial charge in [-0.15, -0.1) is 10.2 Å². The molecule has 0 N–H and O–H groups in total. The Bertz CT molecular complexity index is 1140. The van der Waals surface area contributed by atoms with Crippen LogP contribution >= 0.6 is 0 Å². The first-order valence-electron chi connectivity index (χ1n) is 8.51. The van der Waals surface area contributed by atoms with Gasteiger partial charge in [-0.2, -0.15) is 0 Å². The molecule has 0 saturated carbocycles. The van der Waals surface area contributed by atoms with Crippen molar-refractivity contribution >= 4 is 27.8 Å². The molecule has 0 saturated heterocycles. The van der Waals surface area contributed by atoms with E-state index < -0.39 is 0 Å². The number of pyridine rings is 1. The van der Waals surface area contributed by atoms with Crippen LogP contribution in [-0.4, -0.2) is 30.2 Å². The highest BCUT2D eigenvalue weighted by Gasteiger charge is 2.32. The number of hydrogen-bond donors (Lipinski definition) is 0. The molecule has 0 aromatic carbocycles. The van der Waals surface area contributed by atoms with Gasteiger partial charge in [0, 0.05) is 12.0 Å². The Kier molecular flexibility index (Phi) is 2.81. The van der Waals surface area contributed by atoms with Gasteiger partial charge in [0.05, 0.1) is 23.3 Å². The first-order valence-corrected chi connectivity index (χ1v) is 8.51. The van der Waals surface area contributed by atoms with Crippen LogP contribution in [-0.2, 0) is 17.8 Å². The van der Waals surface area contributed by atoms with Gasteiger partial charge in [0.25, 0.3) is 0 Å². The molecule has 0 atom stereocenters. The second-order valence-corrected chi connectivity index (χ2v) is 7.60. The van der Waals surface area contributed by atoms with E-state index in [0.29, 0.717) is 23.6 Å². The average molecular weight is 337 g/mol. The molecule has 7 nitrogen and oxygen atoms in total. The molecule has 5 heterocycles. The van der Waals surface area contributed by atoms with Crippen molar-refractivity contribution in [2.45, 2.75) is 52.2 Å². The summed E-state index contributed by atoms with van der Waals surface area (Å²) in [4.78, 5) is 9.43. The molecular weight excluding hydrogens is 318 g/mol. The van der Waals surface area contributed by atoms with Gasteiger partial charge in [-0.3, -0.25) is 4.40 Å². The Hall–Kier alpha value is -2.54. The molecular formula is C18H19N5O2. The predicted molar refractivity (Wildman–Crippen MR) is 92.5 cm³/mol. The fourth-order valence-electron chi connectivity index (χ4n) is 3.71. The first kappa shape index (κ1) is 14.8. The highest BCUT2D eigenvalue weighted by atomic mass is 16.5. The van der Waals surface area contributed by atoms with Crippen molar-refractivity contribution in [3.8, 4) is 0 Å². The number of nitrogens with zero attached hydrogens (tertiary/aromatic N) is 5. The minimum absolute atomic E-state index is 0.224. The Morgan fingerprint density at radius 1 is 1.20 bits per heavy atom. The van der Waals surface area contributed by atoms with Crippen molar-refractivity contribution in [1.29, 1.82) is 0 Å². The van der Waals surface area contributed by atoms with Gasteiger partial charge >= 0.3 is 0 Å². The van der Waals surface area contributed by atoms with Crippen molar-refractivity contribution in [2.24, 2.45) is 0 Å². The van der Waals surface area contributed by atoms with Crippen LogP contribution in [0.25, 0.3) is 27.8 Å². The van der Waals surface area contributed by atoms with Crippen molar-refractivity contribution in [2.75, 3.05) is 0 Å². The maximum atomic E-state index is 6.11. The first-order chi connectivity index (χ1) is 11.9. The van der Waals surface area contributed by atoms with Crippen LogP contribution in [0.3, 0.4) is 0 Å². The van der Waals surface area contributed by atoms with Crippen LogP contribution in [0.1, 0.15) is 50.4 Å². The lowest BCUT2D eigenvalue weighted by molar-refractivity contribution is -0.0402. The molecule has 1 aliphatic heterocycles. The second kappa shape index (κ2) is 4.76. The summed E-state index contributed by atoms with van der Waals surface area (Å²) < 4.78 is 13.9. The van der Waals surface area contributed by atoms with Crippen molar-refractivity contribution in [1.82, 2.24) is 24.6 Å². The number of rotatable bonds is 1. The molecule has 0 fully saturated rings. The lowest BCUT2D eigenvalue weighted by Gasteiger charge is -2.33. The molecule has 0 bridgehead atoms. The summed E-state index contributed by atoms with van der Waals surface area (Å²) in [5, 5.41) is 9.10. The average Bonchev–Trinajstić information content (AvgIpc) is 3.16. The van der Waals surface area contributed by atoms with Crippen molar-refractivity contribution < 1.29 is 9.15 Å². The summed E-state index contributed by atoms with van der Waals surface area (Å²) in [6.45, 7) is 9.09. The molecule has 0 unspecified atom stereocenters. The van der Waals surface area contributed by atoms with Crippen LogP contribution in [0, 0.1) is 0 Å². The van der Waals surface area contributed by atoms with E-state index in [1.54, 1.807) is 17.1 Å². The minimum Gasteiger partial charge on any atom is -0.432 e. The fourth-order valence-corrected chi connectivity index (χ4v) is 3.71. The maximum absolute atomic E-state index is 6.11. The summed E-state index contributed by atoms with van der Waals surface area (Å²) in [6, 6.07) is 0. The van der Waals surface area contributed by atoms with E-state index in [1.165, 1.54) is 11.1 Å². The number of hydrogen-bond acceptors (Lipinski definition) is 6. The Morgan fingerprint density at radius 3 is 2.84 bits per heavy atom. The quantitative estimate of drug-likeness (QED) is 0.530. The molecule has 1 aliphatic rings. The van der Waals surface area contributed by atoms with Crippen LogP contribution in [0.5, 0.6) is 0 Å². The van der Waals surface area contributed by atoms with Gasteiger partial charge in [-0.1, -0.05) is 13.8 Å². The summed E-state index contributed by atoms with van der Waals surface area (Å²) in [7, 11) is 0. The van der Waals surface area contributed by atoms with Gasteiger partial charge in [0.2, 0.25) is 16.9 Å². The van der Waals surface area contributed by atoms with E-state index in [-0.39, 0.29) is 11.5 Å². The monoisotopic (exact) mass is 337 g/mol. The zero-order valence-electron chi connectivity index (χ0n) is 14.7. The third kappa shape index (κ3) is 2.02. The van der Waals surface area contributed by atoms with Gasteiger partial charge in [0.15, 0.2) is 0 Å². The molecule has 4 aromatic rings. The molecule has 5 rings (SSSR count). The van der Waals surface area contributed by atoms with E-state index in [2.05, 4.69) is 42.9 Å². The molecule has 0 amide bonds. The number of aromatic nitrogens is 5. The topological polar surface area (TPSA) is 78.3 Å². The largest absolute Gasteiger partial charge is 0.432 e. The molecule has 128 valence electrons. The van der Waals surface area contributed by atoms with Crippen LogP contribution in [0.15, 0.2) is 17.1 Å². The van der Waals surface area contributed by atoms with Crippen LogP contribution in [0.4, 0.5) is 0 Å². The zero-order chi connectivity index (χ0) is 17.3. The van der Waals surface area contributed by atoms with Crippen molar-refractivity contribution in [3.63, 3.8) is 0 Å². The number of ether oxygens (including phenoxy) is 1. The minimum atomic E-state index is -0.224. The molecule has 0 aliphatic carbocycles. The normalized spacial score (nSPS) is 17.0. The van der Waals surface area contributed by atoms with Gasteiger partial charge < -0.3 is 9.15 Å². The third-order valence-corrected chi connectivity index (χ3v) is 4.91. The van der Waals surface area contributed by atoms with E-state index in [0.717, 1.165) is 23.0 Å². The second-order valence-electron chi connectivity index (χ2n) is 7.60. The smallest absolute Gasteiger partial charge is 0.229 e. The molecule has 25 heavy (non-hydrogen) atoms. The Labute approximate surface area is 144 Å². The summed E-state index contributed by atoms with van der Waals surface area (Å²) in [5.41, 5.74) is 5.94. The highest BCUT2D eigenvalue weighted by Crippen LogP contribution is 2.40. The summed E-state index contributed by atoms with van der Waals surface area (Å²) in [6.07, 6.45) is 4.14. The van der Waals surface area contributed by atoms with Crippen LogP contribution in [0.2, 0.25) is 0 Å². The molecule has 4 aromatic heterocycles. The van der Waals surface area contributed by atoms with E-state index >= 15 is 0 Å². The zero-order valence-corrected chi connectivity index (χ0v) is 14.7. The lowest BCUT2D eigenvalue weighted by Crippen LogP contribution is -2.33. The van der Waals surface area contributed by atoms with Gasteiger partial charge in [0.1, 0.15) is 18.2 Å². The highest BCUT2D eigenvalue weighted by molar-refractivity contribution is 6.07. The number of fused-ring (bicyclic) bond motifs is 7. The molecule has 0 radical (unpaired) electrons. The molecule has 0 spiro atoms. The fraction of sp³-hybridized carbons (Fsp3) is 0.444. The standard InChI is InChI=1S/C18H19N5O2/c1-9(2)13-11-6-24-18(3,4)5-10(11)12-14-15(25-17(12)21-13)16-22-20-8-23(16)7-19-14/h7-9H,5-6H2,1-4H3. The summed E-state index contributed by atoms with van der Waals surface area (Å²) >= 11 is 0. The maximum Gasteiger partial charge on any atom is 0.229 e. The van der Waals surface area contributed by atoms with Crippen molar-refractivity contribution in [3.05, 3.63) is 29.5 Å². The predicted octanol–water partition coefficient (Wildman–Crippen LogP) is 3.39. The lowest BCUT2D eigenvalue weighted by atomic mass is 9.87. The van der Waals surface area contributed by atoms with E-state index in [9.17, 15) is 0 Å².